The molecule has 0 aliphatic carbocycles. The third-order valence-electron chi connectivity index (χ3n) is 2.50. The summed E-state index contributed by atoms with van der Waals surface area (Å²) in [4.78, 5) is 11.9. The van der Waals surface area contributed by atoms with Gasteiger partial charge in [-0.3, -0.25) is 9.13 Å². The predicted octanol–water partition coefficient (Wildman–Crippen LogP) is 0.594. The molecule has 1 heterocycles. The van der Waals surface area contributed by atoms with Crippen molar-refractivity contribution < 1.29 is 4.74 Å². The van der Waals surface area contributed by atoms with E-state index in [1.807, 2.05) is 20.8 Å². The van der Waals surface area contributed by atoms with E-state index in [0.29, 0.717) is 19.7 Å². The lowest BCUT2D eigenvalue weighted by Gasteiger charge is -2.14. The first kappa shape index (κ1) is 13.0. The van der Waals surface area contributed by atoms with Gasteiger partial charge in [0.25, 0.3) is 0 Å². The summed E-state index contributed by atoms with van der Waals surface area (Å²) in [6.07, 6.45) is 3.49. The summed E-state index contributed by atoms with van der Waals surface area (Å²) in [5.41, 5.74) is 5.57. The van der Waals surface area contributed by atoms with Crippen LogP contribution < -0.4 is 11.4 Å². The van der Waals surface area contributed by atoms with Crippen LogP contribution in [0.1, 0.15) is 26.8 Å². The van der Waals surface area contributed by atoms with Crippen LogP contribution in [0.15, 0.2) is 17.2 Å². The molecule has 0 bridgehead atoms. The highest BCUT2D eigenvalue weighted by atomic mass is 16.5. The zero-order chi connectivity index (χ0) is 12.1. The van der Waals surface area contributed by atoms with E-state index in [2.05, 4.69) is 0 Å². The maximum Gasteiger partial charge on any atom is 0.328 e. The fraction of sp³-hybridized carbons (Fsp3) is 0.727. The van der Waals surface area contributed by atoms with Gasteiger partial charge in [0.15, 0.2) is 0 Å². The largest absolute Gasteiger partial charge is 0.375 e. The minimum atomic E-state index is -0.0919. The quantitative estimate of drug-likeness (QED) is 0.774. The molecule has 1 aromatic rings. The zero-order valence-electron chi connectivity index (χ0n) is 10.2. The smallest absolute Gasteiger partial charge is 0.328 e. The lowest BCUT2D eigenvalue weighted by atomic mass is 10.3. The number of rotatable bonds is 6. The second-order valence-corrected chi connectivity index (χ2v) is 4.05. The molecular weight excluding hydrogens is 206 g/mol. The fourth-order valence-corrected chi connectivity index (χ4v) is 1.61. The van der Waals surface area contributed by atoms with Gasteiger partial charge < -0.3 is 10.5 Å². The lowest BCUT2D eigenvalue weighted by molar-refractivity contribution is 0.0559. The molecule has 2 N–H and O–H groups in total. The van der Waals surface area contributed by atoms with Crippen LogP contribution in [0.3, 0.4) is 0 Å². The van der Waals surface area contributed by atoms with Crippen LogP contribution in [-0.4, -0.2) is 28.4 Å². The molecule has 0 radical (unpaired) electrons. The third-order valence-corrected chi connectivity index (χ3v) is 2.50. The molecule has 1 rings (SSSR count). The summed E-state index contributed by atoms with van der Waals surface area (Å²) >= 11 is 0. The maximum absolute atomic E-state index is 11.9. The van der Waals surface area contributed by atoms with Crippen LogP contribution in [0.2, 0.25) is 0 Å². The van der Waals surface area contributed by atoms with Crippen LogP contribution in [-0.2, 0) is 11.3 Å². The number of aromatic nitrogens is 2. The fourth-order valence-electron chi connectivity index (χ4n) is 1.61. The Balaban J connectivity index is 2.77. The van der Waals surface area contributed by atoms with Gasteiger partial charge >= 0.3 is 5.69 Å². The summed E-state index contributed by atoms with van der Waals surface area (Å²) < 4.78 is 8.77. The Bertz CT molecular complexity index is 368. The SMILES string of the molecule is CCOC(CN)Cn1ccn(C(C)C)c1=O. The average molecular weight is 227 g/mol. The van der Waals surface area contributed by atoms with E-state index in [9.17, 15) is 4.79 Å². The van der Waals surface area contributed by atoms with E-state index in [4.69, 9.17) is 10.5 Å². The standard InChI is InChI=1S/C11H21N3O2/c1-4-16-10(7-12)8-13-5-6-14(9(2)3)11(13)15/h5-6,9-10H,4,7-8,12H2,1-3H3. The Morgan fingerprint density at radius 1 is 1.44 bits per heavy atom. The molecule has 0 aliphatic heterocycles. The molecule has 0 saturated heterocycles. The molecular formula is C11H21N3O2. The average Bonchev–Trinajstić information content (AvgIpc) is 2.60. The van der Waals surface area contributed by atoms with Crippen LogP contribution in [0.4, 0.5) is 0 Å². The zero-order valence-corrected chi connectivity index (χ0v) is 10.2. The third kappa shape index (κ3) is 2.96. The first-order valence-corrected chi connectivity index (χ1v) is 5.69. The van der Waals surface area contributed by atoms with E-state index < -0.39 is 0 Å². The first-order valence-electron chi connectivity index (χ1n) is 5.69. The van der Waals surface area contributed by atoms with Crippen LogP contribution >= 0.6 is 0 Å². The van der Waals surface area contributed by atoms with E-state index >= 15 is 0 Å². The molecule has 5 heteroatoms. The predicted molar refractivity (Wildman–Crippen MR) is 63.5 cm³/mol. The Morgan fingerprint density at radius 3 is 2.56 bits per heavy atom. The van der Waals surface area contributed by atoms with Gasteiger partial charge in [-0.25, -0.2) is 4.79 Å². The van der Waals surface area contributed by atoms with Crippen molar-refractivity contribution in [3.8, 4) is 0 Å². The Labute approximate surface area is 95.8 Å². The number of nitrogens with zero attached hydrogens (tertiary/aromatic N) is 2. The van der Waals surface area contributed by atoms with E-state index in [1.54, 1.807) is 21.5 Å². The number of nitrogens with two attached hydrogens (primary N) is 1. The minimum absolute atomic E-state index is 0.00634. The molecule has 16 heavy (non-hydrogen) atoms. The van der Waals surface area contributed by atoms with Gasteiger partial charge in [0, 0.05) is 31.6 Å². The molecule has 0 spiro atoms. The van der Waals surface area contributed by atoms with Crippen molar-refractivity contribution in [2.45, 2.75) is 39.5 Å². The number of ether oxygens (including phenoxy) is 1. The maximum atomic E-state index is 11.9. The highest BCUT2D eigenvalue weighted by molar-refractivity contribution is 4.84. The summed E-state index contributed by atoms with van der Waals surface area (Å²) in [5, 5.41) is 0. The Kier molecular flexibility index (Phi) is 4.76. The van der Waals surface area contributed by atoms with Crippen molar-refractivity contribution in [3.63, 3.8) is 0 Å². The van der Waals surface area contributed by atoms with Gasteiger partial charge in [0.1, 0.15) is 0 Å². The number of hydrogen-bond acceptors (Lipinski definition) is 3. The van der Waals surface area contributed by atoms with Crippen molar-refractivity contribution >= 4 is 0 Å². The van der Waals surface area contributed by atoms with Crippen LogP contribution in [0.5, 0.6) is 0 Å². The second kappa shape index (κ2) is 5.86. The van der Waals surface area contributed by atoms with Crippen LogP contribution in [0.25, 0.3) is 0 Å². The Morgan fingerprint density at radius 2 is 2.12 bits per heavy atom. The normalized spacial score (nSPS) is 13.3. The molecule has 5 nitrogen and oxygen atoms in total. The minimum Gasteiger partial charge on any atom is -0.375 e. The van der Waals surface area contributed by atoms with Crippen molar-refractivity contribution in [3.05, 3.63) is 22.9 Å². The molecule has 1 atom stereocenters. The molecule has 0 fully saturated rings. The molecule has 1 aromatic heterocycles. The molecule has 0 aromatic carbocycles. The van der Waals surface area contributed by atoms with Crippen molar-refractivity contribution in [1.29, 1.82) is 0 Å². The van der Waals surface area contributed by atoms with Gasteiger partial charge in [-0.1, -0.05) is 0 Å². The number of imidazole rings is 1. The van der Waals surface area contributed by atoms with Gasteiger partial charge in [0.05, 0.1) is 12.6 Å². The molecule has 92 valence electrons. The van der Waals surface area contributed by atoms with Gasteiger partial charge in [-0.2, -0.15) is 0 Å². The highest BCUT2D eigenvalue weighted by Gasteiger charge is 2.11. The molecule has 0 amide bonds. The molecule has 0 aliphatic rings. The monoisotopic (exact) mass is 227 g/mol. The van der Waals surface area contributed by atoms with E-state index in [-0.39, 0.29) is 17.8 Å². The van der Waals surface area contributed by atoms with Gasteiger partial charge in [-0.05, 0) is 20.8 Å². The molecule has 0 saturated carbocycles. The van der Waals surface area contributed by atoms with Crippen molar-refractivity contribution in [2.75, 3.05) is 13.2 Å². The van der Waals surface area contributed by atoms with Gasteiger partial charge in [0.2, 0.25) is 0 Å². The topological polar surface area (TPSA) is 62.2 Å². The summed E-state index contributed by atoms with van der Waals surface area (Å²) in [6.45, 7) is 7.44. The number of hydrogen-bond donors (Lipinski definition) is 1. The van der Waals surface area contributed by atoms with Crippen LogP contribution in [0, 0.1) is 0 Å². The van der Waals surface area contributed by atoms with E-state index in [1.165, 1.54) is 0 Å². The van der Waals surface area contributed by atoms with Gasteiger partial charge in [-0.15, -0.1) is 0 Å². The summed E-state index contributed by atoms with van der Waals surface area (Å²) in [6, 6.07) is 0.178. The Hall–Kier alpha value is -1.07. The summed E-state index contributed by atoms with van der Waals surface area (Å²) in [7, 11) is 0. The lowest BCUT2D eigenvalue weighted by Crippen LogP contribution is -2.34. The highest BCUT2D eigenvalue weighted by Crippen LogP contribution is 2.00. The molecule has 1 unspecified atom stereocenters. The summed E-state index contributed by atoms with van der Waals surface area (Å²) in [5.74, 6) is 0. The van der Waals surface area contributed by atoms with Crippen molar-refractivity contribution in [1.82, 2.24) is 9.13 Å². The second-order valence-electron chi connectivity index (χ2n) is 4.05. The van der Waals surface area contributed by atoms with E-state index in [0.717, 1.165) is 0 Å². The first-order chi connectivity index (χ1) is 7.60. The van der Waals surface area contributed by atoms with Crippen molar-refractivity contribution in [2.24, 2.45) is 5.73 Å².